The molecule has 0 aromatic heterocycles. The summed E-state index contributed by atoms with van der Waals surface area (Å²) in [7, 11) is -0.860. The number of hydrogen-bond donors (Lipinski definition) is 1. The number of hydrogen-bond acceptors (Lipinski definition) is 6. The Morgan fingerprint density at radius 3 is 2.08 bits per heavy atom. The number of carboxylic acids is 1. The molecule has 0 saturated carbocycles. The zero-order chi connectivity index (χ0) is 18.4. The van der Waals surface area contributed by atoms with Gasteiger partial charge in [-0.3, -0.25) is 4.72 Å². The summed E-state index contributed by atoms with van der Waals surface area (Å²) in [6, 6.07) is 10.7. The average molecular weight is 364 g/mol. The highest BCUT2D eigenvalue weighted by Gasteiger charge is 2.15. The third-order valence-electron chi connectivity index (χ3n) is 3.46. The summed E-state index contributed by atoms with van der Waals surface area (Å²) in [6.07, 6.45) is 0.164. The molecule has 0 amide bonds. The van der Waals surface area contributed by atoms with Crippen molar-refractivity contribution in [2.24, 2.45) is 0 Å². The number of sulfonamides is 1. The zero-order valence-corrected chi connectivity index (χ0v) is 14.6. The minimum Gasteiger partial charge on any atom is -0.550 e. The first-order chi connectivity index (χ1) is 11.8. The lowest BCUT2D eigenvalue weighted by molar-refractivity contribution is -0.305. The number of ether oxygens (including phenoxy) is 2. The van der Waals surface area contributed by atoms with Crippen LogP contribution in [0.4, 0.5) is 5.69 Å². The van der Waals surface area contributed by atoms with Gasteiger partial charge in [-0.1, -0.05) is 12.1 Å². The van der Waals surface area contributed by atoms with Gasteiger partial charge in [-0.25, -0.2) is 8.42 Å². The van der Waals surface area contributed by atoms with Gasteiger partial charge in [0.2, 0.25) is 0 Å². The van der Waals surface area contributed by atoms with E-state index in [9.17, 15) is 18.3 Å². The van der Waals surface area contributed by atoms with Gasteiger partial charge in [-0.05, 0) is 30.5 Å². The summed E-state index contributed by atoms with van der Waals surface area (Å²) in [6.45, 7) is 0. The van der Waals surface area contributed by atoms with Crippen molar-refractivity contribution >= 4 is 21.7 Å². The summed E-state index contributed by atoms with van der Waals surface area (Å²) in [4.78, 5) is 10.5. The van der Waals surface area contributed by atoms with Crippen LogP contribution in [0.5, 0.6) is 11.5 Å². The fraction of sp³-hybridized carbons (Fsp3) is 0.235. The van der Waals surface area contributed by atoms with Crippen molar-refractivity contribution in [2.75, 3.05) is 18.9 Å². The van der Waals surface area contributed by atoms with Gasteiger partial charge in [0.25, 0.3) is 10.0 Å². The number of carbonyl (C=O) groups is 1. The van der Waals surface area contributed by atoms with E-state index in [-0.39, 0.29) is 17.7 Å². The van der Waals surface area contributed by atoms with Crippen molar-refractivity contribution in [1.29, 1.82) is 0 Å². The zero-order valence-electron chi connectivity index (χ0n) is 13.8. The van der Waals surface area contributed by atoms with Gasteiger partial charge in [-0.15, -0.1) is 0 Å². The largest absolute Gasteiger partial charge is 0.550 e. The minimum atomic E-state index is -3.80. The smallest absolute Gasteiger partial charge is 0.261 e. The van der Waals surface area contributed by atoms with Gasteiger partial charge in [0.1, 0.15) is 11.5 Å². The summed E-state index contributed by atoms with van der Waals surface area (Å²) in [5.41, 5.74) is 1.02. The summed E-state index contributed by atoms with van der Waals surface area (Å²) in [5.74, 6) is -0.241. The highest BCUT2D eigenvalue weighted by atomic mass is 32.2. The maximum atomic E-state index is 12.5. The number of methoxy groups -OCH3 is 2. The molecule has 0 aliphatic heterocycles. The van der Waals surface area contributed by atoms with E-state index >= 15 is 0 Å². The number of nitrogens with one attached hydrogen (secondary N) is 1. The normalized spacial score (nSPS) is 11.0. The molecule has 0 aliphatic rings. The monoisotopic (exact) mass is 364 g/mol. The molecular formula is C17H18NO6S-. The van der Waals surface area contributed by atoms with Crippen LogP contribution in [-0.4, -0.2) is 28.6 Å². The number of anilines is 1. The Kier molecular flexibility index (Phi) is 5.87. The molecule has 0 fully saturated rings. The molecule has 134 valence electrons. The predicted octanol–water partition coefficient (Wildman–Crippen LogP) is 1.19. The molecule has 0 unspecified atom stereocenters. The second-order valence-electron chi connectivity index (χ2n) is 5.22. The van der Waals surface area contributed by atoms with Crippen LogP contribution in [0.2, 0.25) is 0 Å². The van der Waals surface area contributed by atoms with E-state index in [1.807, 2.05) is 0 Å². The van der Waals surface area contributed by atoms with Gasteiger partial charge in [-0.2, -0.15) is 0 Å². The van der Waals surface area contributed by atoms with Crippen LogP contribution in [0.15, 0.2) is 47.4 Å². The molecule has 25 heavy (non-hydrogen) atoms. The third-order valence-corrected chi connectivity index (χ3v) is 4.85. The molecule has 8 heteroatoms. The van der Waals surface area contributed by atoms with Crippen molar-refractivity contribution in [3.8, 4) is 11.5 Å². The Balaban J connectivity index is 2.20. The first kappa shape index (κ1) is 18.6. The van der Waals surface area contributed by atoms with Gasteiger partial charge >= 0.3 is 0 Å². The van der Waals surface area contributed by atoms with Crippen LogP contribution in [0.1, 0.15) is 12.0 Å². The molecule has 0 saturated heterocycles. The highest BCUT2D eigenvalue weighted by Crippen LogP contribution is 2.27. The van der Waals surface area contributed by atoms with E-state index in [0.717, 1.165) is 0 Å². The van der Waals surface area contributed by atoms with Crippen molar-refractivity contribution < 1.29 is 27.8 Å². The maximum Gasteiger partial charge on any atom is 0.261 e. The lowest BCUT2D eigenvalue weighted by Crippen LogP contribution is -2.22. The molecule has 7 nitrogen and oxygen atoms in total. The van der Waals surface area contributed by atoms with Crippen LogP contribution < -0.4 is 19.3 Å². The van der Waals surface area contributed by atoms with Crippen LogP contribution in [-0.2, 0) is 21.2 Å². The molecule has 0 spiro atoms. The molecule has 1 N–H and O–H groups in total. The Bertz CT molecular complexity index is 824. The van der Waals surface area contributed by atoms with Gasteiger partial charge in [0, 0.05) is 24.2 Å². The fourth-order valence-corrected chi connectivity index (χ4v) is 3.20. The molecule has 2 aromatic carbocycles. The molecular weight excluding hydrogens is 346 g/mol. The van der Waals surface area contributed by atoms with Crippen LogP contribution in [0.3, 0.4) is 0 Å². The van der Waals surface area contributed by atoms with Crippen LogP contribution in [0.25, 0.3) is 0 Å². The summed E-state index contributed by atoms with van der Waals surface area (Å²) < 4.78 is 37.6. The molecule has 0 aliphatic carbocycles. The maximum absolute atomic E-state index is 12.5. The predicted molar refractivity (Wildman–Crippen MR) is 90.1 cm³/mol. The number of aliphatic carboxylic acids is 1. The number of rotatable bonds is 8. The van der Waals surface area contributed by atoms with E-state index in [4.69, 9.17) is 9.47 Å². The molecule has 0 radical (unpaired) electrons. The Morgan fingerprint density at radius 1 is 1.04 bits per heavy atom. The lowest BCUT2D eigenvalue weighted by atomic mass is 10.1. The Morgan fingerprint density at radius 2 is 1.60 bits per heavy atom. The van der Waals surface area contributed by atoms with Gasteiger partial charge in [0.15, 0.2) is 0 Å². The number of carbonyl (C=O) groups excluding carboxylic acids is 1. The number of aryl methyl sites for hydroxylation is 1. The van der Waals surface area contributed by atoms with E-state index < -0.39 is 16.0 Å². The van der Waals surface area contributed by atoms with Crippen molar-refractivity contribution in [2.45, 2.75) is 17.7 Å². The standard InChI is InChI=1S/C17H19NO6S/c1-23-14-9-13(10-15(11-14)24-2)18-25(21,22)16-6-3-12(4-7-16)5-8-17(19)20/h3-4,6-7,9-11,18H,5,8H2,1-2H3,(H,19,20)/p-1. The second kappa shape index (κ2) is 7.89. The van der Waals surface area contributed by atoms with E-state index in [0.29, 0.717) is 22.7 Å². The topological polar surface area (TPSA) is 105 Å². The first-order valence-corrected chi connectivity index (χ1v) is 8.87. The second-order valence-corrected chi connectivity index (χ2v) is 6.91. The van der Waals surface area contributed by atoms with Crippen LogP contribution >= 0.6 is 0 Å². The van der Waals surface area contributed by atoms with E-state index in [1.54, 1.807) is 18.2 Å². The number of benzene rings is 2. The quantitative estimate of drug-likeness (QED) is 0.754. The summed E-state index contributed by atoms with van der Waals surface area (Å²) in [5, 5.41) is 10.5. The van der Waals surface area contributed by atoms with Crippen molar-refractivity contribution in [1.82, 2.24) is 0 Å². The lowest BCUT2D eigenvalue weighted by Gasteiger charge is -2.12. The molecule has 2 aromatic rings. The fourth-order valence-electron chi connectivity index (χ4n) is 2.16. The minimum absolute atomic E-state index is 0.0616. The van der Waals surface area contributed by atoms with E-state index in [2.05, 4.69) is 4.72 Å². The molecule has 0 atom stereocenters. The number of carboxylic acid groups (broad SMARTS) is 1. The van der Waals surface area contributed by atoms with E-state index in [1.165, 1.54) is 38.5 Å². The average Bonchev–Trinajstić information content (AvgIpc) is 2.59. The van der Waals surface area contributed by atoms with Crippen molar-refractivity contribution in [3.63, 3.8) is 0 Å². The third kappa shape index (κ3) is 5.12. The summed E-state index contributed by atoms with van der Waals surface area (Å²) >= 11 is 0. The Hall–Kier alpha value is -2.74. The Labute approximate surface area is 146 Å². The van der Waals surface area contributed by atoms with Gasteiger partial charge in [0.05, 0.1) is 24.8 Å². The molecule has 0 bridgehead atoms. The van der Waals surface area contributed by atoms with Crippen molar-refractivity contribution in [3.05, 3.63) is 48.0 Å². The SMILES string of the molecule is COc1cc(NS(=O)(=O)c2ccc(CCC(=O)[O-])cc2)cc(OC)c1. The highest BCUT2D eigenvalue weighted by molar-refractivity contribution is 7.92. The molecule has 0 heterocycles. The molecule has 2 rings (SSSR count). The van der Waals surface area contributed by atoms with Crippen LogP contribution in [0, 0.1) is 0 Å². The first-order valence-electron chi connectivity index (χ1n) is 7.39. The van der Waals surface area contributed by atoms with Gasteiger partial charge < -0.3 is 19.4 Å².